The Bertz CT molecular complexity index is 3110. The number of aromatic nitrogens is 2. The molecule has 0 saturated heterocycles. The minimum atomic E-state index is -4.74. The second-order valence-electron chi connectivity index (χ2n) is 15.3. The molecule has 1 N–H and O–H groups in total. The van der Waals surface area contributed by atoms with Crippen LogP contribution in [0, 0.1) is 31.3 Å². The van der Waals surface area contributed by atoms with Crippen molar-refractivity contribution in [3.8, 4) is 62.9 Å². The fourth-order valence-corrected chi connectivity index (χ4v) is 7.77. The lowest BCUT2D eigenvalue weighted by atomic mass is 9.99. The molecule has 8 rings (SSSR count). The Labute approximate surface area is 442 Å². The molecule has 1 radical (unpaired) electrons. The van der Waals surface area contributed by atoms with Gasteiger partial charge in [0.2, 0.25) is 0 Å². The standard InChI is InChI=1S/C26H21ClF3NO3.C13H9BF3O4.C13H13ClINO.CH4/c1-4-32-25-21-14-22(27)15(2)13-23(21)31-16(3)24(25)17-5-7-18(8-6-17)33-19-9-11-20(12-10-19)34-26(28,29)30;15-13(16,17)20-11-5-1-9(2-6-11)19-10-3-7-12(8-4-10)21-14-18;1-4-17-13-9-6-10(14)7(2)5-11(9)16-8(3)12(13)15;/h5-14H,4H2,1-3H3;1-8,18H;5-6H,4H2,1-3H3;1H4. The van der Waals surface area contributed by atoms with Crippen LogP contribution in [0.5, 0.6) is 51.7 Å². The predicted molar refractivity (Wildman–Crippen MR) is 281 cm³/mol. The summed E-state index contributed by atoms with van der Waals surface area (Å²) in [6.45, 7) is 12.9. The number of halogens is 9. The second kappa shape index (κ2) is 25.5. The van der Waals surface area contributed by atoms with Crippen LogP contribution in [0.15, 0.2) is 121 Å². The smallest absolute Gasteiger partial charge is 0.537 e. The van der Waals surface area contributed by atoms with Crippen molar-refractivity contribution in [2.75, 3.05) is 13.2 Å². The van der Waals surface area contributed by atoms with Crippen LogP contribution in [0.25, 0.3) is 32.9 Å². The van der Waals surface area contributed by atoms with E-state index in [1.54, 1.807) is 36.4 Å². The van der Waals surface area contributed by atoms with E-state index in [2.05, 4.69) is 37.0 Å². The normalized spacial score (nSPS) is 11.0. The van der Waals surface area contributed by atoms with Crippen LogP contribution < -0.4 is 33.1 Å². The van der Waals surface area contributed by atoms with Crippen LogP contribution in [-0.2, 0) is 0 Å². The van der Waals surface area contributed by atoms with Gasteiger partial charge in [-0.2, -0.15) is 0 Å². The summed E-state index contributed by atoms with van der Waals surface area (Å²) in [7, 11) is 0.551. The van der Waals surface area contributed by atoms with Gasteiger partial charge >= 0.3 is 20.4 Å². The summed E-state index contributed by atoms with van der Waals surface area (Å²) in [6, 6.07) is 31.6. The SMILES string of the molecule is C.CCOc1c(-c2ccc(Oc3ccc(OC(F)(F)F)cc3)cc2)c(C)nc2cc(C)c(Cl)cc12.CCOc1c(I)c(C)nc2cc(C)c(Cl)cc12.O[B]Oc1ccc(Oc2ccc(OC(F)(F)F)cc2)cc1. The molecule has 8 aromatic rings. The maximum absolute atomic E-state index is 12.3. The average molecular weight is 1160 g/mol. The summed E-state index contributed by atoms with van der Waals surface area (Å²) in [5.74, 6) is 3.10. The molecule has 383 valence electrons. The van der Waals surface area contributed by atoms with Gasteiger partial charge < -0.3 is 38.1 Å². The highest BCUT2D eigenvalue weighted by Crippen LogP contribution is 2.41. The van der Waals surface area contributed by atoms with Crippen molar-refractivity contribution in [3.05, 3.63) is 157 Å². The molecule has 20 heteroatoms. The predicted octanol–water partition coefficient (Wildman–Crippen LogP) is 16.7. The highest BCUT2D eigenvalue weighted by atomic mass is 127. The van der Waals surface area contributed by atoms with Crippen LogP contribution in [0.1, 0.15) is 43.8 Å². The van der Waals surface area contributed by atoms with Crippen molar-refractivity contribution in [2.24, 2.45) is 0 Å². The molecule has 0 unspecified atom stereocenters. The molecule has 10 nitrogen and oxygen atoms in total. The van der Waals surface area contributed by atoms with E-state index < -0.39 is 12.7 Å². The molecule has 0 amide bonds. The zero-order valence-corrected chi connectivity index (χ0v) is 42.8. The quantitative estimate of drug-likeness (QED) is 0.0681. The molecule has 0 atom stereocenters. The van der Waals surface area contributed by atoms with Crippen molar-refractivity contribution in [1.29, 1.82) is 0 Å². The Balaban J connectivity index is 0.000000217. The molecule has 0 aliphatic carbocycles. The van der Waals surface area contributed by atoms with E-state index in [0.29, 0.717) is 60.4 Å². The summed E-state index contributed by atoms with van der Waals surface area (Å²) < 4.78 is 109. The molecule has 2 aromatic heterocycles. The third kappa shape index (κ3) is 16.1. The van der Waals surface area contributed by atoms with Gasteiger partial charge in [0.25, 0.3) is 0 Å². The largest absolute Gasteiger partial charge is 0.573 e. The van der Waals surface area contributed by atoms with Crippen molar-refractivity contribution < 1.29 is 64.4 Å². The van der Waals surface area contributed by atoms with E-state index in [0.717, 1.165) is 81.9 Å². The lowest BCUT2D eigenvalue weighted by molar-refractivity contribution is -0.275. The Morgan fingerprint density at radius 1 is 0.534 bits per heavy atom. The molecule has 0 aliphatic heterocycles. The van der Waals surface area contributed by atoms with Gasteiger partial charge in [0.05, 0.1) is 33.5 Å². The fourth-order valence-electron chi connectivity index (χ4n) is 6.88. The molecule has 0 bridgehead atoms. The second-order valence-corrected chi connectivity index (χ2v) is 17.2. The number of benzene rings is 6. The highest BCUT2D eigenvalue weighted by Gasteiger charge is 2.32. The van der Waals surface area contributed by atoms with Gasteiger partial charge in [-0.25, -0.2) is 0 Å². The molecule has 6 aromatic carbocycles. The number of alkyl halides is 6. The molecule has 0 spiro atoms. The van der Waals surface area contributed by atoms with E-state index in [-0.39, 0.29) is 18.9 Å². The monoisotopic (exact) mass is 1160 g/mol. The van der Waals surface area contributed by atoms with Gasteiger partial charge in [0.15, 0.2) is 0 Å². The summed E-state index contributed by atoms with van der Waals surface area (Å²) in [5.41, 5.74) is 7.26. The Morgan fingerprint density at radius 2 is 0.890 bits per heavy atom. The van der Waals surface area contributed by atoms with Crippen LogP contribution in [0.4, 0.5) is 26.3 Å². The lowest BCUT2D eigenvalue weighted by Crippen LogP contribution is -2.16. The topological polar surface area (TPSA) is 111 Å². The van der Waals surface area contributed by atoms with Gasteiger partial charge in [-0.05, 0) is 190 Å². The molecule has 2 heterocycles. The first kappa shape index (κ1) is 57.6. The first-order valence-corrected chi connectivity index (χ1v) is 23.5. The Morgan fingerprint density at radius 3 is 1.29 bits per heavy atom. The summed E-state index contributed by atoms with van der Waals surface area (Å²) in [6.07, 6.45) is -9.46. The van der Waals surface area contributed by atoms with Crippen molar-refractivity contribution in [3.63, 3.8) is 0 Å². The average Bonchev–Trinajstić information content (AvgIpc) is 3.31. The number of hydrogen-bond donors (Lipinski definition) is 1. The molecular formula is C53H47BCl2F6IN2O8. The number of ether oxygens (including phenoxy) is 6. The Kier molecular flexibility index (Phi) is 20.1. The molecule has 0 fully saturated rings. The van der Waals surface area contributed by atoms with Crippen LogP contribution in [0.2, 0.25) is 10.0 Å². The van der Waals surface area contributed by atoms with Gasteiger partial charge in [0.1, 0.15) is 51.7 Å². The third-order valence-electron chi connectivity index (χ3n) is 10.0. The summed E-state index contributed by atoms with van der Waals surface area (Å²) in [4.78, 5) is 9.33. The van der Waals surface area contributed by atoms with Crippen LogP contribution in [0.3, 0.4) is 0 Å². The maximum Gasteiger partial charge on any atom is 0.573 e. The number of rotatable bonds is 13. The van der Waals surface area contributed by atoms with Gasteiger partial charge in [0, 0.05) is 32.1 Å². The third-order valence-corrected chi connectivity index (χ3v) is 12.1. The molecule has 0 saturated carbocycles. The number of aryl methyl sites for hydroxylation is 4. The van der Waals surface area contributed by atoms with Crippen molar-refractivity contribution >= 4 is 75.3 Å². The Hall–Kier alpha value is -6.35. The van der Waals surface area contributed by atoms with Crippen molar-refractivity contribution in [2.45, 2.75) is 61.7 Å². The van der Waals surface area contributed by atoms with E-state index in [1.165, 1.54) is 36.4 Å². The van der Waals surface area contributed by atoms with Crippen molar-refractivity contribution in [1.82, 2.24) is 9.97 Å². The number of hydrogen-bond acceptors (Lipinski definition) is 10. The van der Waals surface area contributed by atoms with Crippen LogP contribution >= 0.6 is 45.8 Å². The van der Waals surface area contributed by atoms with Crippen LogP contribution in [-0.4, -0.2) is 48.6 Å². The number of pyridine rings is 2. The lowest BCUT2D eigenvalue weighted by Gasteiger charge is -2.17. The summed E-state index contributed by atoms with van der Waals surface area (Å²) in [5, 5.41) is 11.7. The highest BCUT2D eigenvalue weighted by molar-refractivity contribution is 14.1. The van der Waals surface area contributed by atoms with Gasteiger partial charge in [-0.1, -0.05) is 42.8 Å². The fraction of sp³-hybridized carbons (Fsp3) is 0.208. The van der Waals surface area contributed by atoms with Gasteiger partial charge in [-0.3, -0.25) is 9.97 Å². The summed E-state index contributed by atoms with van der Waals surface area (Å²) >= 11 is 14.8. The minimum Gasteiger partial charge on any atom is -0.537 e. The molecule has 73 heavy (non-hydrogen) atoms. The number of fused-ring (bicyclic) bond motifs is 2. The molecular weight excluding hydrogens is 1120 g/mol. The van der Waals surface area contributed by atoms with E-state index >= 15 is 0 Å². The first-order chi connectivity index (χ1) is 34.1. The zero-order valence-electron chi connectivity index (χ0n) is 39.1. The molecule has 0 aliphatic rings. The zero-order chi connectivity index (χ0) is 52.3. The number of nitrogens with zero attached hydrogens (tertiary/aromatic N) is 2. The van der Waals surface area contributed by atoms with E-state index in [4.69, 9.17) is 56.8 Å². The van der Waals surface area contributed by atoms with E-state index in [1.807, 2.05) is 77.9 Å². The first-order valence-electron chi connectivity index (χ1n) is 21.7. The minimum absolute atomic E-state index is 0. The maximum atomic E-state index is 12.3. The van der Waals surface area contributed by atoms with E-state index in [9.17, 15) is 26.3 Å². The van der Waals surface area contributed by atoms with Gasteiger partial charge in [-0.15, -0.1) is 26.3 Å².